The normalized spacial score (nSPS) is 12.2. The van der Waals surface area contributed by atoms with Crippen molar-refractivity contribution >= 4 is 11.9 Å². The average Bonchev–Trinajstić information content (AvgIpc) is 3.12. The third-order valence-corrected chi connectivity index (χ3v) is 10.1. The Kier molecular flexibility index (Phi) is 39.1. The molecule has 0 spiro atoms. The lowest BCUT2D eigenvalue weighted by Crippen LogP contribution is -2.29. The van der Waals surface area contributed by atoms with Crippen LogP contribution < -0.4 is 0 Å². The molecule has 0 aliphatic rings. The third kappa shape index (κ3) is 35.6. The highest BCUT2D eigenvalue weighted by atomic mass is 16.5. The number of esters is 2. The Balaban J connectivity index is 4.02. The second-order valence-electron chi connectivity index (χ2n) is 15.3. The van der Waals surface area contributed by atoms with E-state index in [0.717, 1.165) is 90.3 Å². The van der Waals surface area contributed by atoms with Gasteiger partial charge in [-0.15, -0.1) is 0 Å². The minimum Gasteiger partial charge on any atom is -0.465 e. The van der Waals surface area contributed by atoms with Gasteiger partial charge in [0.05, 0.1) is 25.7 Å². The highest BCUT2D eigenvalue weighted by Crippen LogP contribution is 2.18. The van der Waals surface area contributed by atoms with E-state index in [1.54, 1.807) is 0 Å². The van der Waals surface area contributed by atoms with Crippen molar-refractivity contribution in [1.82, 2.24) is 4.90 Å². The summed E-state index contributed by atoms with van der Waals surface area (Å²) in [5, 5.41) is 9.54. The Bertz CT molecular complexity index is 718. The molecule has 0 aromatic carbocycles. The van der Waals surface area contributed by atoms with Crippen molar-refractivity contribution in [3.8, 4) is 0 Å². The van der Waals surface area contributed by atoms with Gasteiger partial charge in [0.2, 0.25) is 0 Å². The van der Waals surface area contributed by atoms with Crippen molar-refractivity contribution in [1.29, 1.82) is 0 Å². The third-order valence-electron chi connectivity index (χ3n) is 10.1. The Hall–Kier alpha value is -1.18. The Morgan fingerprint density at radius 2 is 1.00 bits per heavy atom. The minimum absolute atomic E-state index is 0.00295. The number of carbonyl (C=O) groups excluding carboxylic acids is 2. The summed E-state index contributed by atoms with van der Waals surface area (Å²) in [6.45, 7) is 13.1. The van der Waals surface area contributed by atoms with E-state index < -0.39 is 0 Å². The molecule has 7 heteroatoms. The largest absolute Gasteiger partial charge is 0.465 e. The molecule has 0 amide bonds. The number of aliphatic hydroxyl groups excluding tert-OH is 1. The molecule has 304 valence electrons. The highest BCUT2D eigenvalue weighted by molar-refractivity contribution is 5.72. The number of hydrogen-bond donors (Lipinski definition) is 1. The molecule has 1 unspecified atom stereocenters. The molecule has 0 fully saturated rings. The van der Waals surface area contributed by atoms with Gasteiger partial charge in [-0.2, -0.15) is 0 Å². The molecule has 1 atom stereocenters. The first kappa shape index (κ1) is 49.8. The summed E-state index contributed by atoms with van der Waals surface area (Å²) < 4.78 is 17.2. The summed E-state index contributed by atoms with van der Waals surface area (Å²) in [6, 6.07) is 0. The van der Waals surface area contributed by atoms with Gasteiger partial charge < -0.3 is 24.2 Å². The average molecular weight is 726 g/mol. The van der Waals surface area contributed by atoms with Crippen molar-refractivity contribution in [2.75, 3.05) is 46.1 Å². The second kappa shape index (κ2) is 40.0. The van der Waals surface area contributed by atoms with Crippen LogP contribution in [0.5, 0.6) is 0 Å². The maximum atomic E-state index is 12.7. The zero-order valence-electron chi connectivity index (χ0n) is 34.5. The van der Waals surface area contributed by atoms with Crippen LogP contribution in [0.3, 0.4) is 0 Å². The van der Waals surface area contributed by atoms with Crippen LogP contribution in [0.1, 0.15) is 214 Å². The zero-order chi connectivity index (χ0) is 37.5. The number of aliphatic hydroxyl groups is 1. The lowest BCUT2D eigenvalue weighted by molar-refractivity contribution is -0.151. The van der Waals surface area contributed by atoms with Crippen molar-refractivity contribution in [2.45, 2.75) is 220 Å². The highest BCUT2D eigenvalue weighted by Gasteiger charge is 2.16. The molecule has 0 aromatic heterocycles. The number of hydrogen-bond acceptors (Lipinski definition) is 7. The topological polar surface area (TPSA) is 85.3 Å². The smallest absolute Gasteiger partial charge is 0.310 e. The van der Waals surface area contributed by atoms with E-state index in [2.05, 4.69) is 25.7 Å². The number of nitrogens with zero attached hydrogens (tertiary/aromatic N) is 1. The van der Waals surface area contributed by atoms with Crippen LogP contribution in [0, 0.1) is 5.92 Å². The van der Waals surface area contributed by atoms with E-state index in [1.165, 1.54) is 109 Å². The summed E-state index contributed by atoms with van der Waals surface area (Å²) in [5.74, 6) is -0.373. The maximum absolute atomic E-state index is 12.7. The van der Waals surface area contributed by atoms with Gasteiger partial charge in [0, 0.05) is 19.6 Å². The second-order valence-corrected chi connectivity index (χ2v) is 15.3. The van der Waals surface area contributed by atoms with E-state index >= 15 is 0 Å². The van der Waals surface area contributed by atoms with Crippen molar-refractivity contribution in [3.63, 3.8) is 0 Å². The van der Waals surface area contributed by atoms with E-state index in [4.69, 9.17) is 14.2 Å². The molecule has 0 radical (unpaired) electrons. The fourth-order valence-electron chi connectivity index (χ4n) is 6.67. The van der Waals surface area contributed by atoms with Crippen LogP contribution >= 0.6 is 0 Å². The summed E-state index contributed by atoms with van der Waals surface area (Å²) >= 11 is 0. The van der Waals surface area contributed by atoms with Crippen molar-refractivity contribution in [2.24, 2.45) is 5.92 Å². The molecule has 51 heavy (non-hydrogen) atoms. The van der Waals surface area contributed by atoms with Gasteiger partial charge in [-0.05, 0) is 84.2 Å². The number of rotatable bonds is 41. The summed E-state index contributed by atoms with van der Waals surface area (Å²) in [5.41, 5.74) is 0. The molecule has 0 aliphatic heterocycles. The standard InChI is InChI=1S/C44H87NO6/c1-5-8-11-14-18-24-31-42(32-25-19-15-12-9-6-2)51-43(47)33-26-20-17-21-27-34-45(36-37-46)35-28-23-30-39-50-44(48)41(4)40-49-38-29-22-16-13-10-7-3/h41-42,46H,5-40H2,1-4H3. The van der Waals surface area contributed by atoms with Gasteiger partial charge in [-0.1, -0.05) is 136 Å². The first-order valence-electron chi connectivity index (χ1n) is 22.2. The molecule has 0 aliphatic carbocycles. The SMILES string of the molecule is CCCCCCCCOCC(C)C(=O)OCCCCCN(CCO)CCCCCCCC(=O)OC(CCCCCCCC)CCCCCCCC. The van der Waals surface area contributed by atoms with Crippen LogP contribution in [-0.4, -0.2) is 74.1 Å². The first-order valence-corrected chi connectivity index (χ1v) is 22.2. The van der Waals surface area contributed by atoms with Crippen molar-refractivity contribution < 1.29 is 28.9 Å². The summed E-state index contributed by atoms with van der Waals surface area (Å²) in [7, 11) is 0. The molecule has 0 heterocycles. The lowest BCUT2D eigenvalue weighted by Gasteiger charge is -2.21. The molecule has 0 saturated heterocycles. The molecule has 1 N–H and O–H groups in total. The number of unbranched alkanes of at least 4 members (excludes halogenated alkanes) is 21. The van der Waals surface area contributed by atoms with Gasteiger partial charge >= 0.3 is 11.9 Å². The van der Waals surface area contributed by atoms with Crippen molar-refractivity contribution in [3.05, 3.63) is 0 Å². The zero-order valence-corrected chi connectivity index (χ0v) is 34.5. The van der Waals surface area contributed by atoms with Gasteiger partial charge in [0.15, 0.2) is 0 Å². The predicted molar refractivity (Wildman–Crippen MR) is 215 cm³/mol. The monoisotopic (exact) mass is 726 g/mol. The maximum Gasteiger partial charge on any atom is 0.310 e. The molecule has 0 rings (SSSR count). The minimum atomic E-state index is -0.217. The van der Waals surface area contributed by atoms with Gasteiger partial charge in [0.1, 0.15) is 6.10 Å². The molecule has 0 saturated carbocycles. The quantitative estimate of drug-likeness (QED) is 0.0496. The fourth-order valence-corrected chi connectivity index (χ4v) is 6.67. The first-order chi connectivity index (χ1) is 25.0. The predicted octanol–water partition coefficient (Wildman–Crippen LogP) is 11.8. The summed E-state index contributed by atoms with van der Waals surface area (Å²) in [6.07, 6.45) is 33.7. The van der Waals surface area contributed by atoms with Gasteiger partial charge in [-0.3, -0.25) is 9.59 Å². The molecule has 0 aromatic rings. The number of carbonyl (C=O) groups is 2. The van der Waals surface area contributed by atoms with E-state index in [1.807, 2.05) is 6.92 Å². The summed E-state index contributed by atoms with van der Waals surface area (Å²) in [4.78, 5) is 27.3. The molecular formula is C44H87NO6. The van der Waals surface area contributed by atoms with Gasteiger partial charge in [0.25, 0.3) is 0 Å². The van der Waals surface area contributed by atoms with Crippen LogP contribution in [0.2, 0.25) is 0 Å². The molecule has 7 nitrogen and oxygen atoms in total. The number of ether oxygens (including phenoxy) is 3. The van der Waals surface area contributed by atoms with Crippen LogP contribution in [0.4, 0.5) is 0 Å². The Labute approximate surface area is 317 Å². The van der Waals surface area contributed by atoms with Crippen LogP contribution in [-0.2, 0) is 23.8 Å². The van der Waals surface area contributed by atoms with Gasteiger partial charge in [-0.25, -0.2) is 0 Å². The van der Waals surface area contributed by atoms with Crippen LogP contribution in [0.25, 0.3) is 0 Å². The lowest BCUT2D eigenvalue weighted by atomic mass is 10.0. The van der Waals surface area contributed by atoms with Crippen LogP contribution in [0.15, 0.2) is 0 Å². The fraction of sp³-hybridized carbons (Fsp3) is 0.955. The Morgan fingerprint density at radius 1 is 0.549 bits per heavy atom. The Morgan fingerprint density at radius 3 is 1.55 bits per heavy atom. The van der Waals surface area contributed by atoms with E-state index in [0.29, 0.717) is 26.2 Å². The van der Waals surface area contributed by atoms with E-state index in [9.17, 15) is 14.7 Å². The molecular weight excluding hydrogens is 638 g/mol. The van der Waals surface area contributed by atoms with E-state index in [-0.39, 0.29) is 30.6 Å². The molecule has 0 bridgehead atoms.